The van der Waals surface area contributed by atoms with Crippen molar-refractivity contribution in [2.75, 3.05) is 7.11 Å². The van der Waals surface area contributed by atoms with Gasteiger partial charge in [-0.3, -0.25) is 0 Å². The van der Waals surface area contributed by atoms with Gasteiger partial charge in [-0.05, 0) is 29.7 Å². The van der Waals surface area contributed by atoms with Gasteiger partial charge in [0.15, 0.2) is 0 Å². The molecule has 0 unspecified atom stereocenters. The third-order valence-electron chi connectivity index (χ3n) is 3.17. The molecule has 20 heavy (non-hydrogen) atoms. The minimum absolute atomic E-state index is 0.390. The van der Waals surface area contributed by atoms with Crippen LogP contribution in [0.3, 0.4) is 0 Å². The number of ether oxygens (including phenoxy) is 1. The average molecular weight is 268 g/mol. The molecule has 3 aromatic rings. The molecule has 0 aliphatic heterocycles. The Morgan fingerprint density at radius 2 is 1.95 bits per heavy atom. The van der Waals surface area contributed by atoms with Crippen LogP contribution in [0.25, 0.3) is 22.4 Å². The summed E-state index contributed by atoms with van der Waals surface area (Å²) in [6.07, 6.45) is 0. The topological polar surface area (TPSA) is 78.4 Å². The second-order valence-corrected chi connectivity index (χ2v) is 4.44. The lowest BCUT2D eigenvalue weighted by molar-refractivity contribution is 0.415. The van der Waals surface area contributed by atoms with Crippen molar-refractivity contribution in [3.8, 4) is 17.1 Å². The summed E-state index contributed by atoms with van der Waals surface area (Å²) in [5, 5.41) is 18.6. The minimum atomic E-state index is -1.52. The van der Waals surface area contributed by atoms with Crippen LogP contribution in [0, 0.1) is 0 Å². The Hall–Kier alpha value is -2.31. The lowest BCUT2D eigenvalue weighted by Gasteiger charge is -2.08. The van der Waals surface area contributed by atoms with Gasteiger partial charge in [-0.2, -0.15) is 0 Å². The number of benzene rings is 2. The van der Waals surface area contributed by atoms with E-state index in [-0.39, 0.29) is 0 Å². The highest BCUT2D eigenvalue weighted by Crippen LogP contribution is 2.28. The molecule has 6 heteroatoms. The average Bonchev–Trinajstić information content (AvgIpc) is 2.90. The standard InChI is InChI=1S/C14H13BN2O3/c1-20-13-7-6-9(15(18)19)8-10(13)14-16-11-4-2-3-5-12(11)17-14/h2-8,18-19H,1H3,(H,16,17). The van der Waals surface area contributed by atoms with Gasteiger partial charge >= 0.3 is 7.12 Å². The lowest BCUT2D eigenvalue weighted by Crippen LogP contribution is -2.29. The van der Waals surface area contributed by atoms with Crippen LogP contribution in [0.1, 0.15) is 0 Å². The van der Waals surface area contributed by atoms with Gasteiger partial charge in [0.2, 0.25) is 0 Å². The van der Waals surface area contributed by atoms with Gasteiger partial charge in [-0.25, -0.2) is 4.98 Å². The largest absolute Gasteiger partial charge is 0.496 e. The number of nitrogens with zero attached hydrogens (tertiary/aromatic N) is 1. The second-order valence-electron chi connectivity index (χ2n) is 4.44. The van der Waals surface area contributed by atoms with E-state index in [0.29, 0.717) is 22.6 Å². The van der Waals surface area contributed by atoms with E-state index in [1.165, 1.54) is 0 Å². The number of nitrogens with one attached hydrogen (secondary N) is 1. The van der Waals surface area contributed by atoms with E-state index in [1.54, 1.807) is 25.3 Å². The molecule has 0 saturated heterocycles. The molecule has 0 saturated carbocycles. The van der Waals surface area contributed by atoms with Crippen molar-refractivity contribution in [3.63, 3.8) is 0 Å². The van der Waals surface area contributed by atoms with Crippen molar-refractivity contribution >= 4 is 23.6 Å². The molecule has 0 aliphatic carbocycles. The Balaban J connectivity index is 2.18. The van der Waals surface area contributed by atoms with Gasteiger partial charge in [0.1, 0.15) is 11.6 Å². The van der Waals surface area contributed by atoms with Gasteiger partial charge in [0, 0.05) is 0 Å². The monoisotopic (exact) mass is 268 g/mol. The Kier molecular flexibility index (Phi) is 3.18. The van der Waals surface area contributed by atoms with E-state index >= 15 is 0 Å². The fourth-order valence-corrected chi connectivity index (χ4v) is 2.15. The number of rotatable bonds is 3. The molecule has 0 fully saturated rings. The maximum absolute atomic E-state index is 9.28. The van der Waals surface area contributed by atoms with Crippen molar-refractivity contribution in [2.24, 2.45) is 0 Å². The van der Waals surface area contributed by atoms with Crippen molar-refractivity contribution < 1.29 is 14.8 Å². The first-order chi connectivity index (χ1) is 9.69. The zero-order valence-corrected chi connectivity index (χ0v) is 10.9. The second kappa shape index (κ2) is 4.99. The van der Waals surface area contributed by atoms with Crippen LogP contribution in [0.4, 0.5) is 0 Å². The smallest absolute Gasteiger partial charge is 0.488 e. The van der Waals surface area contributed by atoms with Crippen LogP contribution in [0.15, 0.2) is 42.5 Å². The third-order valence-corrected chi connectivity index (χ3v) is 3.17. The summed E-state index contributed by atoms with van der Waals surface area (Å²) >= 11 is 0. The number of fused-ring (bicyclic) bond motifs is 1. The molecular formula is C14H13BN2O3. The molecule has 0 radical (unpaired) electrons. The van der Waals surface area contributed by atoms with E-state index in [0.717, 1.165) is 11.0 Å². The van der Waals surface area contributed by atoms with E-state index in [9.17, 15) is 10.0 Å². The minimum Gasteiger partial charge on any atom is -0.496 e. The Morgan fingerprint density at radius 1 is 1.15 bits per heavy atom. The van der Waals surface area contributed by atoms with Crippen LogP contribution >= 0.6 is 0 Å². The zero-order valence-electron chi connectivity index (χ0n) is 10.9. The summed E-state index contributed by atoms with van der Waals surface area (Å²) in [4.78, 5) is 7.69. The molecule has 0 spiro atoms. The quantitative estimate of drug-likeness (QED) is 0.617. The summed E-state index contributed by atoms with van der Waals surface area (Å²) in [5.74, 6) is 1.25. The lowest BCUT2D eigenvalue weighted by atomic mass is 9.79. The molecule has 100 valence electrons. The van der Waals surface area contributed by atoms with Crippen molar-refractivity contribution in [1.82, 2.24) is 9.97 Å². The van der Waals surface area contributed by atoms with Gasteiger partial charge in [-0.1, -0.05) is 18.2 Å². The maximum Gasteiger partial charge on any atom is 0.488 e. The van der Waals surface area contributed by atoms with Crippen molar-refractivity contribution in [2.45, 2.75) is 0 Å². The highest BCUT2D eigenvalue weighted by atomic mass is 16.5. The fraction of sp³-hybridized carbons (Fsp3) is 0.0714. The van der Waals surface area contributed by atoms with Crippen LogP contribution in [0.2, 0.25) is 0 Å². The maximum atomic E-state index is 9.28. The molecule has 1 aromatic heterocycles. The van der Waals surface area contributed by atoms with E-state index in [2.05, 4.69) is 9.97 Å². The van der Waals surface area contributed by atoms with Crippen LogP contribution < -0.4 is 10.2 Å². The number of hydrogen-bond acceptors (Lipinski definition) is 4. The number of methoxy groups -OCH3 is 1. The van der Waals surface area contributed by atoms with E-state index in [4.69, 9.17) is 4.74 Å². The van der Waals surface area contributed by atoms with Gasteiger partial charge < -0.3 is 19.8 Å². The number of aromatic nitrogens is 2. The molecule has 2 aromatic carbocycles. The number of para-hydroxylation sites is 2. The molecule has 5 nitrogen and oxygen atoms in total. The number of imidazole rings is 1. The zero-order chi connectivity index (χ0) is 14.1. The van der Waals surface area contributed by atoms with Crippen molar-refractivity contribution in [3.05, 3.63) is 42.5 Å². The molecule has 0 bridgehead atoms. The van der Waals surface area contributed by atoms with Gasteiger partial charge in [-0.15, -0.1) is 0 Å². The molecule has 3 N–H and O–H groups in total. The summed E-state index contributed by atoms with van der Waals surface area (Å²) < 4.78 is 5.31. The molecule has 1 heterocycles. The highest BCUT2D eigenvalue weighted by Gasteiger charge is 2.16. The summed E-state index contributed by atoms with van der Waals surface area (Å²) in [6.45, 7) is 0. The van der Waals surface area contributed by atoms with Crippen LogP contribution in [-0.2, 0) is 0 Å². The van der Waals surface area contributed by atoms with E-state index < -0.39 is 7.12 Å². The number of aromatic amines is 1. The fourth-order valence-electron chi connectivity index (χ4n) is 2.15. The summed E-state index contributed by atoms with van der Waals surface area (Å²) in [5.41, 5.74) is 2.84. The Bertz CT molecular complexity index is 722. The molecular weight excluding hydrogens is 255 g/mol. The van der Waals surface area contributed by atoms with Crippen LogP contribution in [-0.4, -0.2) is 34.2 Å². The first kappa shape index (κ1) is 12.7. The normalized spacial score (nSPS) is 10.8. The van der Waals surface area contributed by atoms with Gasteiger partial charge in [0.25, 0.3) is 0 Å². The predicted octanol–water partition coefficient (Wildman–Crippen LogP) is 0.918. The Labute approximate surface area is 116 Å². The van der Waals surface area contributed by atoms with Gasteiger partial charge in [0.05, 0.1) is 23.7 Å². The molecule has 0 atom stereocenters. The third kappa shape index (κ3) is 2.15. The van der Waals surface area contributed by atoms with E-state index in [1.807, 2.05) is 24.3 Å². The predicted molar refractivity (Wildman–Crippen MR) is 77.9 cm³/mol. The highest BCUT2D eigenvalue weighted by molar-refractivity contribution is 6.58. The number of H-pyrrole nitrogens is 1. The molecule has 0 aliphatic rings. The van der Waals surface area contributed by atoms with Crippen LogP contribution in [0.5, 0.6) is 5.75 Å². The number of hydrogen-bond donors (Lipinski definition) is 3. The SMILES string of the molecule is COc1ccc(B(O)O)cc1-c1nc2ccccc2[nH]1. The first-order valence-corrected chi connectivity index (χ1v) is 6.18. The molecule has 3 rings (SSSR count). The summed E-state index contributed by atoms with van der Waals surface area (Å²) in [6, 6.07) is 12.6. The Morgan fingerprint density at radius 3 is 2.65 bits per heavy atom. The first-order valence-electron chi connectivity index (χ1n) is 6.18. The summed E-state index contributed by atoms with van der Waals surface area (Å²) in [7, 11) is 0.0420. The van der Waals surface area contributed by atoms with Crippen molar-refractivity contribution in [1.29, 1.82) is 0 Å². The molecule has 0 amide bonds.